The predicted octanol–water partition coefficient (Wildman–Crippen LogP) is 17.5. The zero-order valence-electron chi connectivity index (χ0n) is 49.8. The summed E-state index contributed by atoms with van der Waals surface area (Å²) in [6.07, 6.45) is 2.28. The van der Waals surface area contributed by atoms with E-state index in [0.717, 1.165) is 109 Å². The molecular formula is C80H63B2N5O. The van der Waals surface area contributed by atoms with E-state index in [-0.39, 0.29) is 24.3 Å². The molecule has 0 amide bonds. The molecule has 4 aliphatic heterocycles. The summed E-state index contributed by atoms with van der Waals surface area (Å²) >= 11 is 0. The molecule has 0 N–H and O–H groups in total. The van der Waals surface area contributed by atoms with Crippen molar-refractivity contribution >= 4 is 132 Å². The van der Waals surface area contributed by atoms with E-state index in [1.165, 1.54) is 44.4 Å². The molecule has 0 radical (unpaired) electrons. The summed E-state index contributed by atoms with van der Waals surface area (Å²) in [6.45, 7) is 9.43. The Labute approximate surface area is 517 Å². The minimum atomic E-state index is -0.164. The topological polar surface area (TPSA) is 25.4 Å². The van der Waals surface area contributed by atoms with Gasteiger partial charge in [-0.1, -0.05) is 185 Å². The van der Waals surface area contributed by atoms with Crippen LogP contribution in [-0.2, 0) is 10.8 Å². The molecule has 5 aliphatic rings. The molecule has 12 aromatic rings. The molecule has 0 saturated carbocycles. The molecule has 8 heteroatoms. The maximum Gasteiger partial charge on any atom is 0.256 e. The van der Waals surface area contributed by atoms with Crippen molar-refractivity contribution in [1.29, 1.82) is 0 Å². The Balaban J connectivity index is 0.975. The fraction of sp³-hybridized carbons (Fsp3) is 0.100. The number of fused-ring (bicyclic) bond motifs is 9. The first-order valence-corrected chi connectivity index (χ1v) is 31.0. The van der Waals surface area contributed by atoms with Crippen LogP contribution in [-0.4, -0.2) is 13.4 Å². The Morgan fingerprint density at radius 3 is 1.23 bits per heavy atom. The van der Waals surface area contributed by atoms with Crippen LogP contribution in [0.5, 0.6) is 11.5 Å². The fourth-order valence-corrected chi connectivity index (χ4v) is 15.3. The summed E-state index contributed by atoms with van der Waals surface area (Å²) in [6, 6.07) is 105. The Morgan fingerprint density at radius 1 is 0.295 bits per heavy atom. The van der Waals surface area contributed by atoms with Crippen molar-refractivity contribution in [2.45, 2.75) is 51.4 Å². The van der Waals surface area contributed by atoms with Crippen LogP contribution in [0.1, 0.15) is 51.7 Å². The average molecular weight is 1130 g/mol. The minimum Gasteiger partial charge on any atom is -0.458 e. The average Bonchev–Trinajstić information content (AvgIpc) is 0.786. The van der Waals surface area contributed by atoms with Crippen molar-refractivity contribution < 1.29 is 4.74 Å². The van der Waals surface area contributed by atoms with Crippen LogP contribution in [0.25, 0.3) is 0 Å². The summed E-state index contributed by atoms with van der Waals surface area (Å²) in [5, 5.41) is 0. The van der Waals surface area contributed by atoms with E-state index in [1.807, 2.05) is 0 Å². The largest absolute Gasteiger partial charge is 0.458 e. The highest BCUT2D eigenvalue weighted by Crippen LogP contribution is 2.53. The predicted molar refractivity (Wildman–Crippen MR) is 371 cm³/mol. The van der Waals surface area contributed by atoms with Gasteiger partial charge in [-0.25, -0.2) is 0 Å². The third kappa shape index (κ3) is 8.11. The molecule has 1 aliphatic carbocycles. The zero-order valence-corrected chi connectivity index (χ0v) is 49.8. The van der Waals surface area contributed by atoms with Crippen LogP contribution >= 0.6 is 0 Å². The molecule has 0 bridgehead atoms. The molecule has 0 fully saturated rings. The molecule has 0 spiro atoms. The second kappa shape index (κ2) is 20.1. The summed E-state index contributed by atoms with van der Waals surface area (Å²) in [4.78, 5) is 12.5. The van der Waals surface area contributed by atoms with Gasteiger partial charge in [-0.15, -0.1) is 0 Å². The third-order valence-electron chi connectivity index (χ3n) is 19.4. The van der Waals surface area contributed by atoms with Gasteiger partial charge in [-0.05, 0) is 189 Å². The zero-order chi connectivity index (χ0) is 58.8. The number of hydrogen-bond donors (Lipinski definition) is 0. The molecule has 0 saturated heterocycles. The lowest BCUT2D eigenvalue weighted by atomic mass is 9.30. The van der Waals surface area contributed by atoms with Gasteiger partial charge in [-0.3, -0.25) is 0 Å². The molecule has 4 heterocycles. The van der Waals surface area contributed by atoms with Crippen LogP contribution in [0.15, 0.2) is 285 Å². The van der Waals surface area contributed by atoms with Crippen molar-refractivity contribution in [2.24, 2.45) is 0 Å². The molecule has 6 nitrogen and oxygen atoms in total. The molecule has 17 rings (SSSR count). The summed E-state index contributed by atoms with van der Waals surface area (Å²) in [7, 11) is 0. The normalized spacial score (nSPS) is 14.9. The smallest absolute Gasteiger partial charge is 0.256 e. The SMILES string of the molecule is CC1(C)CCC(C)(C)c2cc(N3c4ccccc4B4c5cc6c(cc5N(c5ccccc5)c5cc(N(c7ccccc7)c7ccccc7)cc3c54)N(c3ccccc3)c3cc(N(c4ccccc4)c4ccccc4)cc4c3B6c3ccccc3O4)ccc21. The summed E-state index contributed by atoms with van der Waals surface area (Å²) in [5.41, 5.74) is 26.8. The van der Waals surface area contributed by atoms with Gasteiger partial charge < -0.3 is 29.2 Å². The fourth-order valence-electron chi connectivity index (χ4n) is 15.3. The van der Waals surface area contributed by atoms with Gasteiger partial charge in [0.25, 0.3) is 13.4 Å². The summed E-state index contributed by atoms with van der Waals surface area (Å²) < 4.78 is 7.27. The first-order chi connectivity index (χ1) is 43.2. The highest BCUT2D eigenvalue weighted by atomic mass is 16.5. The second-order valence-electron chi connectivity index (χ2n) is 25.5. The number of rotatable bonds is 9. The van der Waals surface area contributed by atoms with Crippen molar-refractivity contribution in [1.82, 2.24) is 0 Å². The molecular weight excluding hydrogens is 1070 g/mol. The van der Waals surface area contributed by atoms with Gasteiger partial charge in [0.05, 0.1) is 11.4 Å². The van der Waals surface area contributed by atoms with E-state index in [2.05, 4.69) is 337 Å². The van der Waals surface area contributed by atoms with E-state index in [0.29, 0.717) is 0 Å². The van der Waals surface area contributed by atoms with Crippen molar-refractivity contribution in [3.05, 3.63) is 296 Å². The van der Waals surface area contributed by atoms with E-state index < -0.39 is 0 Å². The number of ether oxygens (including phenoxy) is 1. The molecule has 0 unspecified atom stereocenters. The monoisotopic (exact) mass is 1130 g/mol. The Bertz CT molecular complexity index is 4620. The standard InChI is InChI=1S/C80H63B2N5O/c1-79(2)45-46-80(3,4)64-47-60(43-44-63(64)79)87-69-41-25-23-39-65(69)81-67-52-68-71(53-70(67)85(58-35-19-9-20-36-58)72-48-61(49-73(87)77(72)81)83(54-27-11-5-12-28-54)55-29-13-6-14-30-55)86(59-37-21-10-22-38-59)74-50-62(51-76-78(74)82(68)66-40-24-26-42-75(66)88-76)84(56-31-15-7-16-32-56)57-33-17-8-18-34-57/h5-44,47-53H,45-46H2,1-4H3. The van der Waals surface area contributed by atoms with Crippen LogP contribution in [0.2, 0.25) is 0 Å². The van der Waals surface area contributed by atoms with Gasteiger partial charge in [0.2, 0.25) is 0 Å². The van der Waals surface area contributed by atoms with Crippen LogP contribution < -0.4 is 62.0 Å². The third-order valence-corrected chi connectivity index (χ3v) is 19.4. The first-order valence-electron chi connectivity index (χ1n) is 31.0. The number of benzene rings is 12. The molecule has 420 valence electrons. The molecule has 0 aromatic heterocycles. The van der Waals surface area contributed by atoms with Crippen LogP contribution in [0.3, 0.4) is 0 Å². The highest BCUT2D eigenvalue weighted by Gasteiger charge is 2.49. The van der Waals surface area contributed by atoms with E-state index >= 15 is 0 Å². The van der Waals surface area contributed by atoms with Crippen LogP contribution in [0.4, 0.5) is 85.3 Å². The highest BCUT2D eigenvalue weighted by molar-refractivity contribution is 7.02. The lowest BCUT2D eigenvalue weighted by Gasteiger charge is -2.47. The number of nitrogens with zero attached hydrogens (tertiary/aromatic N) is 5. The molecule has 12 aromatic carbocycles. The number of anilines is 15. The molecule has 0 atom stereocenters. The van der Waals surface area contributed by atoms with Gasteiger partial charge >= 0.3 is 0 Å². The number of hydrogen-bond acceptors (Lipinski definition) is 6. The van der Waals surface area contributed by atoms with Crippen molar-refractivity contribution in [2.75, 3.05) is 24.5 Å². The van der Waals surface area contributed by atoms with Gasteiger partial charge in [0.15, 0.2) is 0 Å². The Kier molecular flexibility index (Phi) is 11.9. The molecule has 88 heavy (non-hydrogen) atoms. The van der Waals surface area contributed by atoms with Crippen molar-refractivity contribution in [3.8, 4) is 11.5 Å². The van der Waals surface area contributed by atoms with Crippen molar-refractivity contribution in [3.63, 3.8) is 0 Å². The lowest BCUT2D eigenvalue weighted by molar-refractivity contribution is 0.332. The maximum atomic E-state index is 7.27. The number of para-hydroxylation sites is 8. The van der Waals surface area contributed by atoms with Gasteiger partial charge in [-0.2, -0.15) is 0 Å². The first kappa shape index (κ1) is 51.9. The lowest BCUT2D eigenvalue weighted by Crippen LogP contribution is -2.64. The Hall–Kier alpha value is -10.4. The van der Waals surface area contributed by atoms with Crippen LogP contribution in [0, 0.1) is 0 Å². The van der Waals surface area contributed by atoms with Gasteiger partial charge in [0.1, 0.15) is 11.5 Å². The minimum absolute atomic E-state index is 0.000823. The van der Waals surface area contributed by atoms with E-state index in [1.54, 1.807) is 0 Å². The van der Waals surface area contributed by atoms with Gasteiger partial charge in [0, 0.05) is 80.0 Å². The van der Waals surface area contributed by atoms with E-state index in [9.17, 15) is 0 Å². The summed E-state index contributed by atoms with van der Waals surface area (Å²) in [5.74, 6) is 1.72. The quantitative estimate of drug-likeness (QED) is 0.134. The second-order valence-corrected chi connectivity index (χ2v) is 25.5. The maximum absolute atomic E-state index is 7.27. The Morgan fingerprint density at radius 2 is 0.705 bits per heavy atom. The van der Waals surface area contributed by atoms with E-state index in [4.69, 9.17) is 4.74 Å².